The monoisotopic (exact) mass is 296 g/mol. The molecular weight excluding hydrogens is 278 g/mol. The van der Waals surface area contributed by atoms with Crippen molar-refractivity contribution in [2.75, 3.05) is 0 Å². The fourth-order valence-corrected chi connectivity index (χ4v) is 2.35. The van der Waals surface area contributed by atoms with E-state index >= 15 is 0 Å². The van der Waals surface area contributed by atoms with Crippen molar-refractivity contribution >= 4 is 11.8 Å². The number of amides is 2. The van der Waals surface area contributed by atoms with Crippen LogP contribution in [0.15, 0.2) is 18.2 Å². The molecule has 0 radical (unpaired) electrons. The Morgan fingerprint density at radius 2 is 1.95 bits per heavy atom. The minimum atomic E-state index is -0.965. The molecule has 1 saturated heterocycles. The largest absolute Gasteiger partial charge is 0.340 e. The number of piperazine rings is 1. The van der Waals surface area contributed by atoms with Gasteiger partial charge in [0.1, 0.15) is 11.6 Å². The second-order valence-electron chi connectivity index (χ2n) is 5.53. The molecule has 0 aliphatic carbocycles. The summed E-state index contributed by atoms with van der Waals surface area (Å²) in [5.74, 6) is -2.37. The maximum absolute atomic E-state index is 13.3. The van der Waals surface area contributed by atoms with Gasteiger partial charge in [-0.2, -0.15) is 0 Å². The summed E-state index contributed by atoms with van der Waals surface area (Å²) >= 11 is 0. The molecule has 0 saturated carbocycles. The van der Waals surface area contributed by atoms with Crippen LogP contribution >= 0.6 is 0 Å². The first-order valence-corrected chi connectivity index (χ1v) is 6.85. The zero-order chi connectivity index (χ0) is 15.8. The number of carbonyl (C=O) groups excluding carboxylic acids is 2. The van der Waals surface area contributed by atoms with Crippen molar-refractivity contribution in [1.82, 2.24) is 10.2 Å². The molecule has 1 aromatic carbocycles. The molecule has 1 aliphatic heterocycles. The number of rotatable bonds is 3. The lowest BCUT2D eigenvalue weighted by Gasteiger charge is -2.43. The van der Waals surface area contributed by atoms with Gasteiger partial charge in [0.2, 0.25) is 11.8 Å². The zero-order valence-corrected chi connectivity index (χ0v) is 12.2. The highest BCUT2D eigenvalue weighted by molar-refractivity contribution is 5.99. The van der Waals surface area contributed by atoms with Crippen molar-refractivity contribution in [2.24, 2.45) is 0 Å². The maximum atomic E-state index is 13.3. The third kappa shape index (κ3) is 2.75. The van der Waals surface area contributed by atoms with Gasteiger partial charge in [0.25, 0.3) is 0 Å². The lowest BCUT2D eigenvalue weighted by molar-refractivity contribution is -0.154. The van der Waals surface area contributed by atoms with Crippen LogP contribution in [0.4, 0.5) is 8.78 Å². The first kappa shape index (κ1) is 15.4. The summed E-state index contributed by atoms with van der Waals surface area (Å²) in [7, 11) is 0. The molecule has 1 fully saturated rings. The standard InChI is InChI=1S/C15H18F2N2O2/c1-4-15(3)14(21)19(9(2)13(20)18-15)8-10-5-6-11(16)12(17)7-10/h5-7,9H,4,8H2,1-3H3,(H,18,20). The average Bonchev–Trinajstić information content (AvgIpc) is 2.45. The number of nitrogens with zero attached hydrogens (tertiary/aromatic N) is 1. The van der Waals surface area contributed by atoms with Crippen LogP contribution < -0.4 is 5.32 Å². The molecule has 2 rings (SSSR count). The molecule has 1 aliphatic rings. The van der Waals surface area contributed by atoms with Crippen LogP contribution in [0.5, 0.6) is 0 Å². The van der Waals surface area contributed by atoms with Crippen molar-refractivity contribution in [1.29, 1.82) is 0 Å². The van der Waals surface area contributed by atoms with Gasteiger partial charge in [-0.25, -0.2) is 8.78 Å². The lowest BCUT2D eigenvalue weighted by atomic mass is 9.92. The average molecular weight is 296 g/mol. The maximum Gasteiger partial charge on any atom is 0.248 e. The summed E-state index contributed by atoms with van der Waals surface area (Å²) in [6, 6.07) is 2.83. The van der Waals surface area contributed by atoms with Crippen LogP contribution in [-0.2, 0) is 16.1 Å². The van der Waals surface area contributed by atoms with Crippen LogP contribution in [0.2, 0.25) is 0 Å². The SMILES string of the molecule is CCC1(C)NC(=O)C(C)N(Cc2ccc(F)c(F)c2)C1=O. The van der Waals surface area contributed by atoms with Gasteiger partial charge in [0, 0.05) is 6.54 Å². The van der Waals surface area contributed by atoms with Crippen LogP contribution in [0.3, 0.4) is 0 Å². The van der Waals surface area contributed by atoms with E-state index in [-0.39, 0.29) is 18.4 Å². The Morgan fingerprint density at radius 1 is 1.29 bits per heavy atom. The highest BCUT2D eigenvalue weighted by atomic mass is 19.2. The normalized spacial score (nSPS) is 26.0. The highest BCUT2D eigenvalue weighted by Gasteiger charge is 2.45. The van der Waals surface area contributed by atoms with E-state index < -0.39 is 23.2 Å². The third-order valence-corrected chi connectivity index (χ3v) is 4.02. The Balaban J connectivity index is 2.29. The molecule has 0 bridgehead atoms. The summed E-state index contributed by atoms with van der Waals surface area (Å²) in [5, 5.41) is 2.71. The first-order chi connectivity index (χ1) is 9.78. The number of halogens is 2. The van der Waals surface area contributed by atoms with Crippen molar-refractivity contribution < 1.29 is 18.4 Å². The van der Waals surface area contributed by atoms with Crippen LogP contribution in [-0.4, -0.2) is 28.3 Å². The molecule has 114 valence electrons. The van der Waals surface area contributed by atoms with E-state index in [4.69, 9.17) is 0 Å². The van der Waals surface area contributed by atoms with Crippen LogP contribution in [0.25, 0.3) is 0 Å². The number of carbonyl (C=O) groups is 2. The van der Waals surface area contributed by atoms with Gasteiger partial charge in [-0.15, -0.1) is 0 Å². The van der Waals surface area contributed by atoms with Crippen LogP contribution in [0.1, 0.15) is 32.8 Å². The molecule has 0 aromatic heterocycles. The predicted octanol–water partition coefficient (Wildman–Crippen LogP) is 1.98. The summed E-state index contributed by atoms with van der Waals surface area (Å²) in [6.45, 7) is 5.16. The summed E-state index contributed by atoms with van der Waals surface area (Å²) in [4.78, 5) is 25.9. The number of nitrogens with one attached hydrogen (secondary N) is 1. The van der Waals surface area contributed by atoms with Crippen molar-refractivity contribution in [3.05, 3.63) is 35.4 Å². The lowest BCUT2D eigenvalue weighted by Crippen LogP contribution is -2.68. The van der Waals surface area contributed by atoms with Gasteiger partial charge in [-0.1, -0.05) is 13.0 Å². The first-order valence-electron chi connectivity index (χ1n) is 6.85. The fourth-order valence-electron chi connectivity index (χ4n) is 2.35. The molecule has 2 atom stereocenters. The zero-order valence-electron chi connectivity index (χ0n) is 12.2. The Bertz CT molecular complexity index is 591. The number of benzene rings is 1. The topological polar surface area (TPSA) is 49.4 Å². The number of hydrogen-bond acceptors (Lipinski definition) is 2. The van der Waals surface area contributed by atoms with E-state index in [0.717, 1.165) is 12.1 Å². The predicted molar refractivity (Wildman–Crippen MR) is 73.2 cm³/mol. The van der Waals surface area contributed by atoms with Gasteiger partial charge < -0.3 is 10.2 Å². The molecule has 6 heteroatoms. The highest BCUT2D eigenvalue weighted by Crippen LogP contribution is 2.23. The Hall–Kier alpha value is -1.98. The molecule has 0 spiro atoms. The molecule has 2 unspecified atom stereocenters. The van der Waals surface area contributed by atoms with Gasteiger partial charge >= 0.3 is 0 Å². The third-order valence-electron chi connectivity index (χ3n) is 4.02. The molecule has 2 amide bonds. The minimum Gasteiger partial charge on any atom is -0.340 e. The minimum absolute atomic E-state index is 0.0697. The Morgan fingerprint density at radius 3 is 2.52 bits per heavy atom. The molecule has 1 heterocycles. The van der Waals surface area contributed by atoms with Crippen LogP contribution in [0, 0.1) is 11.6 Å². The van der Waals surface area contributed by atoms with Gasteiger partial charge in [0.05, 0.1) is 0 Å². The molecule has 4 nitrogen and oxygen atoms in total. The Labute approximate surface area is 122 Å². The summed E-state index contributed by atoms with van der Waals surface area (Å²) in [6.07, 6.45) is 0.457. The van der Waals surface area contributed by atoms with Crippen molar-refractivity contribution in [2.45, 2.75) is 45.3 Å². The summed E-state index contributed by atoms with van der Waals surface area (Å²) in [5.41, 5.74) is -0.510. The quantitative estimate of drug-likeness (QED) is 0.927. The van der Waals surface area contributed by atoms with E-state index in [1.54, 1.807) is 13.8 Å². The van der Waals surface area contributed by atoms with E-state index in [1.165, 1.54) is 11.0 Å². The molecule has 1 N–H and O–H groups in total. The van der Waals surface area contributed by atoms with E-state index in [0.29, 0.717) is 12.0 Å². The van der Waals surface area contributed by atoms with Gasteiger partial charge in [-0.05, 0) is 38.0 Å². The smallest absolute Gasteiger partial charge is 0.248 e. The van der Waals surface area contributed by atoms with Crippen molar-refractivity contribution in [3.63, 3.8) is 0 Å². The molecule has 1 aromatic rings. The second-order valence-corrected chi connectivity index (χ2v) is 5.53. The number of hydrogen-bond donors (Lipinski definition) is 1. The van der Waals surface area contributed by atoms with Gasteiger partial charge in [-0.3, -0.25) is 9.59 Å². The molecular formula is C15H18F2N2O2. The molecule has 21 heavy (non-hydrogen) atoms. The van der Waals surface area contributed by atoms with E-state index in [2.05, 4.69) is 5.32 Å². The Kier molecular flexibility index (Phi) is 3.98. The van der Waals surface area contributed by atoms with E-state index in [9.17, 15) is 18.4 Å². The summed E-state index contributed by atoms with van der Waals surface area (Å²) < 4.78 is 26.2. The fraction of sp³-hybridized carbons (Fsp3) is 0.467. The second kappa shape index (κ2) is 5.42. The van der Waals surface area contributed by atoms with E-state index in [1.807, 2.05) is 6.92 Å². The van der Waals surface area contributed by atoms with Crippen molar-refractivity contribution in [3.8, 4) is 0 Å². The van der Waals surface area contributed by atoms with Gasteiger partial charge in [0.15, 0.2) is 11.6 Å².